The molecule has 13 heteroatoms. The summed E-state index contributed by atoms with van der Waals surface area (Å²) in [5.74, 6) is -1.25. The Morgan fingerprint density at radius 3 is 2.48 bits per heavy atom. The van der Waals surface area contributed by atoms with Crippen LogP contribution in [0, 0.1) is 11.3 Å². The van der Waals surface area contributed by atoms with E-state index in [1.165, 1.54) is 18.4 Å². The topological polar surface area (TPSA) is 130 Å². The summed E-state index contributed by atoms with van der Waals surface area (Å²) in [7, 11) is 1.50. The minimum Gasteiger partial charge on any atom is -0.481 e. The van der Waals surface area contributed by atoms with Gasteiger partial charge in [0, 0.05) is 35.9 Å². The molecule has 0 radical (unpaired) electrons. The summed E-state index contributed by atoms with van der Waals surface area (Å²) in [5, 5.41) is 24.6. The van der Waals surface area contributed by atoms with Gasteiger partial charge in [0.05, 0.1) is 17.9 Å². The standard InChI is InChI=1S/C29H28F3N5O4S/c1-27(2)15-28(40,8-6-20(27)24(38)39)25-35-14-21(42-25)18-10-17(16-4-5-23(41-3)34-13-16)11-19(12-18)36-26-33-9-7-22(37-26)29(30,31)32/h4-5,7,9-14,20,40H,6,8,15H2,1-3H3,(H,38,39)(H,33,36,37). The first-order valence-corrected chi connectivity index (χ1v) is 13.8. The average Bonchev–Trinajstić information content (AvgIpc) is 3.44. The minimum atomic E-state index is -4.63. The summed E-state index contributed by atoms with van der Waals surface area (Å²) in [6.45, 7) is 3.68. The lowest BCUT2D eigenvalue weighted by Gasteiger charge is -2.44. The Bertz CT molecular complexity index is 1610. The number of aromatic nitrogens is 4. The first kappa shape index (κ1) is 29.4. The lowest BCUT2D eigenvalue weighted by Crippen LogP contribution is -2.44. The van der Waals surface area contributed by atoms with Gasteiger partial charge in [-0.05, 0) is 66.1 Å². The molecule has 9 nitrogen and oxygen atoms in total. The number of rotatable bonds is 7. The van der Waals surface area contributed by atoms with Gasteiger partial charge in [-0.2, -0.15) is 13.2 Å². The molecular weight excluding hydrogens is 571 g/mol. The van der Waals surface area contributed by atoms with E-state index in [0.29, 0.717) is 39.0 Å². The fourth-order valence-corrected chi connectivity index (χ4v) is 6.41. The van der Waals surface area contributed by atoms with Crippen LogP contribution >= 0.6 is 11.3 Å². The van der Waals surface area contributed by atoms with Crippen LogP contribution in [0.2, 0.25) is 0 Å². The van der Waals surface area contributed by atoms with Gasteiger partial charge >= 0.3 is 12.1 Å². The summed E-state index contributed by atoms with van der Waals surface area (Å²) < 4.78 is 44.9. The molecule has 0 saturated heterocycles. The van der Waals surface area contributed by atoms with Crippen LogP contribution in [0.1, 0.15) is 43.8 Å². The van der Waals surface area contributed by atoms with Crippen LogP contribution in [0.25, 0.3) is 21.6 Å². The van der Waals surface area contributed by atoms with Crippen molar-refractivity contribution in [2.75, 3.05) is 12.4 Å². The zero-order chi connectivity index (χ0) is 30.3. The number of thiazole rings is 1. The van der Waals surface area contributed by atoms with Gasteiger partial charge in [0.25, 0.3) is 0 Å². The van der Waals surface area contributed by atoms with Crippen LogP contribution in [-0.4, -0.2) is 43.2 Å². The van der Waals surface area contributed by atoms with Gasteiger partial charge in [-0.3, -0.25) is 4.79 Å². The number of halogens is 3. The second kappa shape index (κ2) is 11.0. The largest absolute Gasteiger partial charge is 0.481 e. The van der Waals surface area contributed by atoms with Crippen LogP contribution < -0.4 is 10.1 Å². The van der Waals surface area contributed by atoms with E-state index < -0.39 is 34.8 Å². The number of benzene rings is 1. The van der Waals surface area contributed by atoms with Crippen molar-refractivity contribution in [2.45, 2.75) is 44.9 Å². The molecule has 1 aromatic carbocycles. The Morgan fingerprint density at radius 1 is 1.07 bits per heavy atom. The van der Waals surface area contributed by atoms with E-state index in [9.17, 15) is 28.2 Å². The Balaban J connectivity index is 1.52. The third-order valence-corrected chi connectivity index (χ3v) is 8.68. The Hall–Kier alpha value is -4.10. The maximum Gasteiger partial charge on any atom is 0.433 e. The van der Waals surface area contributed by atoms with Crippen LogP contribution in [0.15, 0.2) is 55.0 Å². The highest BCUT2D eigenvalue weighted by Crippen LogP contribution is 2.51. The molecule has 4 aromatic rings. The second-order valence-electron chi connectivity index (χ2n) is 10.9. The predicted octanol–water partition coefficient (Wildman–Crippen LogP) is 6.53. The molecule has 2 atom stereocenters. The van der Waals surface area contributed by atoms with E-state index in [1.807, 2.05) is 19.9 Å². The molecule has 5 rings (SSSR count). The molecule has 3 aromatic heterocycles. The van der Waals surface area contributed by atoms with Crippen LogP contribution in [0.3, 0.4) is 0 Å². The predicted molar refractivity (Wildman–Crippen MR) is 150 cm³/mol. The fourth-order valence-electron chi connectivity index (χ4n) is 5.39. The summed E-state index contributed by atoms with van der Waals surface area (Å²) in [6.07, 6.45) is 0.472. The Labute approximate surface area is 243 Å². The molecule has 1 aliphatic rings. The number of nitrogens with one attached hydrogen (secondary N) is 1. The highest BCUT2D eigenvalue weighted by Gasteiger charge is 2.49. The van der Waals surface area contributed by atoms with Gasteiger partial charge in [-0.1, -0.05) is 13.8 Å². The van der Waals surface area contributed by atoms with Crippen molar-refractivity contribution >= 4 is 28.9 Å². The minimum absolute atomic E-state index is 0.225. The van der Waals surface area contributed by atoms with Crippen molar-refractivity contribution in [1.82, 2.24) is 19.9 Å². The van der Waals surface area contributed by atoms with Gasteiger partial charge in [-0.25, -0.2) is 19.9 Å². The summed E-state index contributed by atoms with van der Waals surface area (Å²) in [4.78, 5) is 28.8. The van der Waals surface area contributed by atoms with E-state index in [-0.39, 0.29) is 18.8 Å². The number of aliphatic carboxylic acids is 1. The van der Waals surface area contributed by atoms with E-state index in [0.717, 1.165) is 17.8 Å². The number of methoxy groups -OCH3 is 1. The summed E-state index contributed by atoms with van der Waals surface area (Å²) >= 11 is 1.28. The molecule has 0 spiro atoms. The number of aliphatic hydroxyl groups is 1. The van der Waals surface area contributed by atoms with E-state index in [1.54, 1.807) is 36.7 Å². The van der Waals surface area contributed by atoms with Gasteiger partial charge in [0.15, 0.2) is 0 Å². The number of ether oxygens (including phenoxy) is 1. The smallest absolute Gasteiger partial charge is 0.433 e. The maximum atomic E-state index is 13.2. The first-order chi connectivity index (χ1) is 19.8. The number of hydrogen-bond acceptors (Lipinski definition) is 9. The molecule has 3 heterocycles. The van der Waals surface area contributed by atoms with E-state index in [2.05, 4.69) is 25.3 Å². The molecular formula is C29H28F3N5O4S. The molecule has 1 aliphatic carbocycles. The van der Waals surface area contributed by atoms with Gasteiger partial charge in [-0.15, -0.1) is 11.3 Å². The van der Waals surface area contributed by atoms with Gasteiger partial charge in [0.1, 0.15) is 16.3 Å². The van der Waals surface area contributed by atoms with Crippen LogP contribution in [0.4, 0.5) is 24.8 Å². The highest BCUT2D eigenvalue weighted by atomic mass is 32.1. The number of carboxylic acids is 1. The van der Waals surface area contributed by atoms with E-state index >= 15 is 0 Å². The molecule has 2 unspecified atom stereocenters. The molecule has 0 aliphatic heterocycles. The summed E-state index contributed by atoms with van der Waals surface area (Å²) in [5.41, 5.74) is -0.470. The number of pyridine rings is 1. The normalized spacial score (nSPS) is 20.2. The van der Waals surface area contributed by atoms with Gasteiger partial charge < -0.3 is 20.3 Å². The third-order valence-electron chi connectivity index (χ3n) is 7.44. The molecule has 0 bridgehead atoms. The van der Waals surface area contributed by atoms with Gasteiger partial charge in [0.2, 0.25) is 11.8 Å². The number of carboxylic acid groups (broad SMARTS) is 1. The zero-order valence-corrected chi connectivity index (χ0v) is 23.8. The Morgan fingerprint density at radius 2 is 1.83 bits per heavy atom. The molecule has 42 heavy (non-hydrogen) atoms. The van der Waals surface area contributed by atoms with Crippen molar-refractivity contribution in [3.8, 4) is 27.4 Å². The molecule has 1 fully saturated rings. The molecule has 0 amide bonds. The highest BCUT2D eigenvalue weighted by molar-refractivity contribution is 7.15. The zero-order valence-electron chi connectivity index (χ0n) is 22.9. The Kier molecular flexibility index (Phi) is 7.66. The van der Waals surface area contributed by atoms with Crippen molar-refractivity contribution in [2.24, 2.45) is 11.3 Å². The fraction of sp³-hybridized carbons (Fsp3) is 0.345. The number of carbonyl (C=O) groups is 1. The lowest BCUT2D eigenvalue weighted by molar-refractivity contribution is -0.154. The quantitative estimate of drug-likeness (QED) is 0.217. The molecule has 3 N–H and O–H groups in total. The van der Waals surface area contributed by atoms with Crippen molar-refractivity contribution < 1.29 is 32.9 Å². The average molecular weight is 600 g/mol. The molecule has 220 valence electrons. The van der Waals surface area contributed by atoms with Crippen LogP contribution in [-0.2, 0) is 16.6 Å². The summed E-state index contributed by atoms with van der Waals surface area (Å²) in [6, 6.07) is 9.65. The monoisotopic (exact) mass is 599 g/mol. The number of alkyl halides is 3. The van der Waals surface area contributed by atoms with E-state index in [4.69, 9.17) is 4.74 Å². The second-order valence-corrected chi connectivity index (χ2v) is 12.0. The van der Waals surface area contributed by atoms with Crippen molar-refractivity contribution in [3.05, 3.63) is 65.7 Å². The molecule has 1 saturated carbocycles. The third kappa shape index (κ3) is 6.07. The number of hydrogen-bond donors (Lipinski definition) is 3. The number of anilines is 2. The van der Waals surface area contributed by atoms with Crippen molar-refractivity contribution in [1.29, 1.82) is 0 Å². The first-order valence-electron chi connectivity index (χ1n) is 13.0. The van der Waals surface area contributed by atoms with Crippen molar-refractivity contribution in [3.63, 3.8) is 0 Å². The van der Waals surface area contributed by atoms with Crippen LogP contribution in [0.5, 0.6) is 5.88 Å². The number of nitrogens with zero attached hydrogens (tertiary/aromatic N) is 4. The SMILES string of the molecule is COc1ccc(-c2cc(Nc3nccc(C(F)(F)F)n3)cc(-c3cnc(C4(O)CCC(C(=O)O)C(C)(C)C4)s3)c2)cn1. The lowest BCUT2D eigenvalue weighted by atomic mass is 9.63. The maximum absolute atomic E-state index is 13.2.